The molecular weight excluding hydrogens is 228 g/mol. The lowest BCUT2D eigenvalue weighted by molar-refractivity contribution is 0.00706. The van der Waals surface area contributed by atoms with Crippen molar-refractivity contribution in [2.24, 2.45) is 0 Å². The second-order valence-electron chi connectivity index (χ2n) is 4.30. The molecule has 1 aromatic rings. The summed E-state index contributed by atoms with van der Waals surface area (Å²) in [6.07, 6.45) is 1.50. The number of aromatic nitrogens is 1. The molecule has 0 spiro atoms. The Morgan fingerprint density at radius 3 is 2.62 bits per heavy atom. The van der Waals surface area contributed by atoms with Gasteiger partial charge >= 0.3 is 5.97 Å². The third kappa shape index (κ3) is 3.38. The number of halogens is 1. The smallest absolute Gasteiger partial charge is 0.340 e. The maximum Gasteiger partial charge on any atom is 0.340 e. The number of ether oxygens (including phenoxy) is 1. The number of anilines is 1. The van der Waals surface area contributed by atoms with Crippen LogP contribution in [0.4, 0.5) is 5.69 Å². The predicted molar refractivity (Wildman–Crippen MR) is 64.0 cm³/mol. The molecule has 5 heteroatoms. The number of hydrogen-bond acceptors (Lipinski definition) is 4. The maximum absolute atomic E-state index is 11.8. The summed E-state index contributed by atoms with van der Waals surface area (Å²) in [7, 11) is 1.71. The van der Waals surface area contributed by atoms with Crippen LogP contribution in [-0.4, -0.2) is 23.6 Å². The zero-order chi connectivity index (χ0) is 12.3. The second kappa shape index (κ2) is 4.70. The van der Waals surface area contributed by atoms with Gasteiger partial charge in [0.05, 0.1) is 17.4 Å². The summed E-state index contributed by atoms with van der Waals surface area (Å²) in [5, 5.41) is 3.13. The van der Waals surface area contributed by atoms with Crippen molar-refractivity contribution < 1.29 is 9.53 Å². The van der Waals surface area contributed by atoms with Crippen LogP contribution in [0.15, 0.2) is 12.3 Å². The Bertz CT molecular complexity index is 399. The third-order valence-corrected chi connectivity index (χ3v) is 1.97. The van der Waals surface area contributed by atoms with E-state index in [2.05, 4.69) is 10.3 Å². The molecule has 0 unspecified atom stereocenters. The van der Waals surface area contributed by atoms with Crippen molar-refractivity contribution >= 4 is 23.3 Å². The van der Waals surface area contributed by atoms with E-state index in [0.717, 1.165) is 0 Å². The fourth-order valence-corrected chi connectivity index (χ4v) is 1.29. The van der Waals surface area contributed by atoms with E-state index in [1.807, 2.05) is 20.8 Å². The van der Waals surface area contributed by atoms with Gasteiger partial charge in [0.1, 0.15) is 10.8 Å². The molecule has 0 bridgehead atoms. The summed E-state index contributed by atoms with van der Waals surface area (Å²) in [5.41, 5.74) is 0.453. The Labute approximate surface area is 100.0 Å². The summed E-state index contributed by atoms with van der Waals surface area (Å²) < 4.78 is 5.26. The number of rotatable bonds is 2. The summed E-state index contributed by atoms with van der Waals surface area (Å²) in [5.74, 6) is -0.416. The molecule has 1 rings (SSSR count). The number of nitrogens with zero attached hydrogens (tertiary/aromatic N) is 1. The van der Waals surface area contributed by atoms with Gasteiger partial charge in [0.2, 0.25) is 0 Å². The standard InChI is InChI=1S/C11H15ClN2O2/c1-11(2,3)16-10(15)7-5-9(12)14-6-8(7)13-4/h5-6,13H,1-4H3. The van der Waals surface area contributed by atoms with Crippen molar-refractivity contribution in [2.75, 3.05) is 12.4 Å². The number of carbonyl (C=O) groups is 1. The Morgan fingerprint density at radius 2 is 2.12 bits per heavy atom. The van der Waals surface area contributed by atoms with Gasteiger partial charge in [-0.05, 0) is 26.8 Å². The molecular formula is C11H15ClN2O2. The van der Waals surface area contributed by atoms with E-state index in [0.29, 0.717) is 11.3 Å². The molecule has 0 aliphatic heterocycles. The lowest BCUT2D eigenvalue weighted by Gasteiger charge is -2.20. The van der Waals surface area contributed by atoms with Crippen LogP contribution in [-0.2, 0) is 4.74 Å². The van der Waals surface area contributed by atoms with Gasteiger partial charge < -0.3 is 10.1 Å². The lowest BCUT2D eigenvalue weighted by Crippen LogP contribution is -2.24. The number of nitrogens with one attached hydrogen (secondary N) is 1. The predicted octanol–water partition coefficient (Wildman–Crippen LogP) is 2.73. The van der Waals surface area contributed by atoms with Crippen LogP contribution in [0.2, 0.25) is 5.15 Å². The van der Waals surface area contributed by atoms with Crippen molar-refractivity contribution in [3.63, 3.8) is 0 Å². The first-order valence-electron chi connectivity index (χ1n) is 4.90. The van der Waals surface area contributed by atoms with E-state index >= 15 is 0 Å². The van der Waals surface area contributed by atoms with Gasteiger partial charge in [-0.1, -0.05) is 11.6 Å². The van der Waals surface area contributed by atoms with Crippen LogP contribution < -0.4 is 5.32 Å². The highest BCUT2D eigenvalue weighted by molar-refractivity contribution is 6.29. The Balaban J connectivity index is 3.02. The minimum Gasteiger partial charge on any atom is -0.456 e. The van der Waals surface area contributed by atoms with Gasteiger partial charge in [-0.3, -0.25) is 0 Å². The quantitative estimate of drug-likeness (QED) is 0.640. The minimum absolute atomic E-state index is 0.264. The normalized spacial score (nSPS) is 11.1. The fraction of sp³-hybridized carbons (Fsp3) is 0.455. The fourth-order valence-electron chi connectivity index (χ4n) is 1.13. The SMILES string of the molecule is CNc1cnc(Cl)cc1C(=O)OC(C)(C)C. The van der Waals surface area contributed by atoms with Crippen LogP contribution in [0.25, 0.3) is 0 Å². The van der Waals surface area contributed by atoms with E-state index in [1.165, 1.54) is 12.3 Å². The van der Waals surface area contributed by atoms with E-state index in [1.54, 1.807) is 7.05 Å². The van der Waals surface area contributed by atoms with Gasteiger partial charge in [-0.2, -0.15) is 0 Å². The number of pyridine rings is 1. The zero-order valence-corrected chi connectivity index (χ0v) is 10.6. The Kier molecular flexibility index (Phi) is 3.75. The van der Waals surface area contributed by atoms with Gasteiger partial charge in [-0.15, -0.1) is 0 Å². The number of esters is 1. The Morgan fingerprint density at radius 1 is 1.50 bits per heavy atom. The number of hydrogen-bond donors (Lipinski definition) is 1. The van der Waals surface area contributed by atoms with Crippen molar-refractivity contribution in [2.45, 2.75) is 26.4 Å². The largest absolute Gasteiger partial charge is 0.456 e. The molecule has 0 aliphatic rings. The van der Waals surface area contributed by atoms with Gasteiger partial charge in [0, 0.05) is 7.05 Å². The molecule has 4 nitrogen and oxygen atoms in total. The highest BCUT2D eigenvalue weighted by Gasteiger charge is 2.20. The van der Waals surface area contributed by atoms with Crippen LogP contribution in [0, 0.1) is 0 Å². The highest BCUT2D eigenvalue weighted by atomic mass is 35.5. The summed E-state index contributed by atoms with van der Waals surface area (Å²) >= 11 is 5.74. The number of carbonyl (C=O) groups excluding carboxylic acids is 1. The molecule has 0 saturated carbocycles. The van der Waals surface area contributed by atoms with E-state index in [-0.39, 0.29) is 5.15 Å². The first kappa shape index (κ1) is 12.8. The molecule has 0 fully saturated rings. The molecule has 0 saturated heterocycles. The third-order valence-electron chi connectivity index (χ3n) is 1.76. The van der Waals surface area contributed by atoms with Gasteiger partial charge in [0.25, 0.3) is 0 Å². The molecule has 1 N–H and O–H groups in total. The molecule has 0 aromatic carbocycles. The highest BCUT2D eigenvalue weighted by Crippen LogP contribution is 2.21. The molecule has 0 amide bonds. The molecule has 88 valence electrons. The van der Waals surface area contributed by atoms with Crippen molar-refractivity contribution in [1.82, 2.24) is 4.98 Å². The molecule has 0 atom stereocenters. The molecule has 16 heavy (non-hydrogen) atoms. The van der Waals surface area contributed by atoms with Crippen LogP contribution in [0.1, 0.15) is 31.1 Å². The Hall–Kier alpha value is -1.29. The average molecular weight is 243 g/mol. The minimum atomic E-state index is -0.530. The van der Waals surface area contributed by atoms with E-state index in [9.17, 15) is 4.79 Å². The summed E-state index contributed by atoms with van der Waals surface area (Å²) in [4.78, 5) is 15.7. The van der Waals surface area contributed by atoms with Crippen molar-refractivity contribution in [3.05, 3.63) is 23.0 Å². The van der Waals surface area contributed by atoms with Crippen LogP contribution in [0.5, 0.6) is 0 Å². The first-order chi connectivity index (χ1) is 7.33. The molecule has 0 radical (unpaired) electrons. The molecule has 0 aliphatic carbocycles. The average Bonchev–Trinajstić information content (AvgIpc) is 2.15. The monoisotopic (exact) mass is 242 g/mol. The van der Waals surface area contributed by atoms with Gasteiger partial charge in [0.15, 0.2) is 0 Å². The molecule has 1 aromatic heterocycles. The second-order valence-corrected chi connectivity index (χ2v) is 4.69. The lowest BCUT2D eigenvalue weighted by atomic mass is 10.1. The van der Waals surface area contributed by atoms with Crippen LogP contribution >= 0.6 is 11.6 Å². The van der Waals surface area contributed by atoms with Gasteiger partial charge in [-0.25, -0.2) is 9.78 Å². The van der Waals surface area contributed by atoms with E-state index < -0.39 is 11.6 Å². The topological polar surface area (TPSA) is 51.2 Å². The zero-order valence-electron chi connectivity index (χ0n) is 9.80. The van der Waals surface area contributed by atoms with E-state index in [4.69, 9.17) is 16.3 Å². The van der Waals surface area contributed by atoms with Crippen molar-refractivity contribution in [1.29, 1.82) is 0 Å². The van der Waals surface area contributed by atoms with Crippen molar-refractivity contribution in [3.8, 4) is 0 Å². The first-order valence-corrected chi connectivity index (χ1v) is 5.28. The maximum atomic E-state index is 11.8. The van der Waals surface area contributed by atoms with Crippen LogP contribution in [0.3, 0.4) is 0 Å². The summed E-state index contributed by atoms with van der Waals surface area (Å²) in [6.45, 7) is 5.44. The molecule has 1 heterocycles. The summed E-state index contributed by atoms with van der Waals surface area (Å²) in [6, 6.07) is 1.49.